The van der Waals surface area contributed by atoms with Crippen LogP contribution in [0.2, 0.25) is 0 Å². The molecule has 1 aliphatic heterocycles. The van der Waals surface area contributed by atoms with Crippen molar-refractivity contribution in [1.29, 1.82) is 0 Å². The number of phenolic OH excluding ortho intramolecular Hbond substituents is 1. The average Bonchev–Trinajstić information content (AvgIpc) is 2.99. The molecular weight excluding hydrogens is 643 g/mol. The Kier molecular flexibility index (Phi) is 8.60. The molecule has 3 aromatic rings. The molecule has 0 spiro atoms. The van der Waals surface area contributed by atoms with Crippen molar-refractivity contribution in [3.63, 3.8) is 0 Å². The molecule has 4 aliphatic carbocycles. The summed E-state index contributed by atoms with van der Waals surface area (Å²) < 4.78 is 72.2. The van der Waals surface area contributed by atoms with Crippen LogP contribution >= 0.6 is 0 Å². The Morgan fingerprint density at radius 2 is 1.52 bits per heavy atom. The van der Waals surface area contributed by atoms with Gasteiger partial charge in [-0.1, -0.05) is 12.1 Å². The Balaban J connectivity index is 0.951. The van der Waals surface area contributed by atoms with Crippen molar-refractivity contribution >= 4 is 21.6 Å². The lowest BCUT2D eigenvalue weighted by Gasteiger charge is -2.56. The molecule has 1 amide bonds. The van der Waals surface area contributed by atoms with Gasteiger partial charge in [0, 0.05) is 44.0 Å². The number of ether oxygens (including phenoxy) is 1. The molecule has 1 heterocycles. The van der Waals surface area contributed by atoms with Gasteiger partial charge in [0.1, 0.15) is 11.5 Å². The summed E-state index contributed by atoms with van der Waals surface area (Å²) in [7, 11) is -3.78. The molecule has 12 heteroatoms. The summed E-state index contributed by atoms with van der Waals surface area (Å²) in [5.74, 6) is 0.991. The first kappa shape index (κ1) is 32.8. The van der Waals surface area contributed by atoms with E-state index < -0.39 is 22.3 Å². The second-order valence-corrected chi connectivity index (χ2v) is 16.1. The third kappa shape index (κ3) is 7.59. The van der Waals surface area contributed by atoms with Gasteiger partial charge in [-0.25, -0.2) is 13.1 Å². The van der Waals surface area contributed by atoms with Crippen LogP contribution in [0, 0.1) is 23.2 Å². The number of sulfonamides is 1. The van der Waals surface area contributed by atoms with Crippen LogP contribution in [0.15, 0.2) is 66.7 Å². The minimum atomic E-state index is -4.83. The standard InChI is InChI=1S/C36H40F3N3O5S/c37-36(38,39)47-33-16-27(15-30(18-33)29-2-1-3-32(43)17-29)22-41-8-10-42(11-9-41)31-6-4-28(5-7-31)34(44)40-48(45,46)23-35-19-24-12-25(20-35)14-26(13-24)21-35/h1-7,15-18,24-26,43H,8-14,19-23H2,(H,40,44). The molecule has 8 nitrogen and oxygen atoms in total. The van der Waals surface area contributed by atoms with Gasteiger partial charge in [0.15, 0.2) is 0 Å². The molecule has 5 fully saturated rings. The maximum absolute atomic E-state index is 13.1. The number of benzene rings is 3. The second-order valence-electron chi connectivity index (χ2n) is 14.4. The number of hydrogen-bond acceptors (Lipinski definition) is 7. The zero-order chi connectivity index (χ0) is 33.7. The zero-order valence-electron chi connectivity index (χ0n) is 26.6. The molecule has 3 aromatic carbocycles. The van der Waals surface area contributed by atoms with Crippen molar-refractivity contribution in [3.8, 4) is 22.6 Å². The summed E-state index contributed by atoms with van der Waals surface area (Å²) in [5, 5.41) is 9.89. The minimum absolute atomic E-state index is 0.0125. The number of alkyl halides is 3. The molecule has 0 aromatic heterocycles. The van der Waals surface area contributed by atoms with Crippen LogP contribution < -0.4 is 14.4 Å². The first-order chi connectivity index (χ1) is 22.8. The normalized spacial score (nSPS) is 25.6. The van der Waals surface area contributed by atoms with E-state index >= 15 is 0 Å². The van der Waals surface area contributed by atoms with Gasteiger partial charge in [0.25, 0.3) is 5.91 Å². The highest BCUT2D eigenvalue weighted by Crippen LogP contribution is 2.60. The Morgan fingerprint density at radius 3 is 2.12 bits per heavy atom. The number of amides is 1. The molecular formula is C36H40F3N3O5S. The number of carbonyl (C=O) groups is 1. The Morgan fingerprint density at radius 1 is 0.875 bits per heavy atom. The van der Waals surface area contributed by atoms with Crippen LogP contribution in [-0.2, 0) is 16.6 Å². The van der Waals surface area contributed by atoms with E-state index in [0.717, 1.165) is 24.9 Å². The lowest BCUT2D eigenvalue weighted by atomic mass is 9.50. The number of anilines is 1. The maximum atomic E-state index is 13.1. The van der Waals surface area contributed by atoms with Crippen LogP contribution in [0.3, 0.4) is 0 Å². The highest BCUT2D eigenvalue weighted by molar-refractivity contribution is 7.90. The van der Waals surface area contributed by atoms with E-state index in [0.29, 0.717) is 67.2 Å². The molecule has 256 valence electrons. The molecule has 48 heavy (non-hydrogen) atoms. The SMILES string of the molecule is O=C(NS(=O)(=O)CC12CC3CC(CC(C3)C1)C2)c1ccc(N2CCN(Cc3cc(OC(F)(F)F)cc(-c4cccc(O)c4)c3)CC2)cc1. The highest BCUT2D eigenvalue weighted by Gasteiger charge is 2.52. The van der Waals surface area contributed by atoms with E-state index in [9.17, 15) is 31.5 Å². The monoisotopic (exact) mass is 683 g/mol. The minimum Gasteiger partial charge on any atom is -0.508 e. The van der Waals surface area contributed by atoms with E-state index in [1.807, 2.05) is 12.1 Å². The van der Waals surface area contributed by atoms with Crippen molar-refractivity contribution in [3.05, 3.63) is 77.9 Å². The lowest BCUT2D eigenvalue weighted by molar-refractivity contribution is -0.274. The Hall–Kier alpha value is -3.77. The third-order valence-corrected chi connectivity index (χ3v) is 12.1. The maximum Gasteiger partial charge on any atom is 0.573 e. The van der Waals surface area contributed by atoms with Crippen molar-refractivity contribution in [2.75, 3.05) is 36.8 Å². The molecule has 0 atom stereocenters. The van der Waals surface area contributed by atoms with Gasteiger partial charge >= 0.3 is 6.36 Å². The summed E-state index contributed by atoms with van der Waals surface area (Å²) in [6.07, 6.45) is 1.70. The number of nitrogens with one attached hydrogen (secondary N) is 1. The fourth-order valence-electron chi connectivity index (χ4n) is 9.15. The molecule has 0 radical (unpaired) electrons. The van der Waals surface area contributed by atoms with Crippen LogP contribution in [0.25, 0.3) is 11.1 Å². The van der Waals surface area contributed by atoms with Gasteiger partial charge in [0.2, 0.25) is 10.0 Å². The zero-order valence-corrected chi connectivity index (χ0v) is 27.4. The molecule has 2 N–H and O–H groups in total. The molecule has 4 saturated carbocycles. The fraction of sp³-hybridized carbons (Fsp3) is 0.472. The van der Waals surface area contributed by atoms with Gasteiger partial charge in [-0.3, -0.25) is 9.69 Å². The number of nitrogens with zero attached hydrogens (tertiary/aromatic N) is 2. The molecule has 4 bridgehead atoms. The summed E-state index contributed by atoms with van der Waals surface area (Å²) >= 11 is 0. The number of hydrogen-bond donors (Lipinski definition) is 2. The lowest BCUT2D eigenvalue weighted by Crippen LogP contribution is -2.51. The van der Waals surface area contributed by atoms with E-state index in [-0.39, 0.29) is 28.2 Å². The quantitative estimate of drug-likeness (QED) is 0.264. The smallest absolute Gasteiger partial charge is 0.508 e. The van der Waals surface area contributed by atoms with Crippen molar-refractivity contribution in [1.82, 2.24) is 9.62 Å². The van der Waals surface area contributed by atoms with E-state index in [1.54, 1.807) is 30.3 Å². The molecule has 1 saturated heterocycles. The van der Waals surface area contributed by atoms with Gasteiger partial charge in [-0.05, 0) is 133 Å². The highest BCUT2D eigenvalue weighted by atomic mass is 32.2. The molecule has 5 aliphatic rings. The first-order valence-corrected chi connectivity index (χ1v) is 18.3. The number of rotatable bonds is 9. The van der Waals surface area contributed by atoms with Gasteiger partial charge < -0.3 is 14.7 Å². The number of piperazine rings is 1. The van der Waals surface area contributed by atoms with Crippen molar-refractivity contribution < 1.29 is 36.2 Å². The Bertz CT molecular complexity index is 1740. The topological polar surface area (TPSA) is 99.2 Å². The summed E-state index contributed by atoms with van der Waals surface area (Å²) in [6.45, 7) is 3.02. The third-order valence-electron chi connectivity index (χ3n) is 10.6. The fourth-order valence-corrected chi connectivity index (χ4v) is 10.8. The predicted molar refractivity (Wildman–Crippen MR) is 176 cm³/mol. The summed E-state index contributed by atoms with van der Waals surface area (Å²) in [5.41, 5.74) is 2.72. The van der Waals surface area contributed by atoms with Gasteiger partial charge in [-0.15, -0.1) is 13.2 Å². The number of aromatic hydroxyl groups is 1. The van der Waals surface area contributed by atoms with E-state index in [4.69, 9.17) is 0 Å². The van der Waals surface area contributed by atoms with Crippen LogP contribution in [0.5, 0.6) is 11.5 Å². The predicted octanol–water partition coefficient (Wildman–Crippen LogP) is 6.56. The number of halogens is 3. The second kappa shape index (κ2) is 12.6. The van der Waals surface area contributed by atoms with E-state index in [2.05, 4.69) is 19.3 Å². The van der Waals surface area contributed by atoms with Gasteiger partial charge in [-0.2, -0.15) is 0 Å². The summed E-state index contributed by atoms with van der Waals surface area (Å²) in [6, 6.07) is 17.8. The molecule has 0 unspecified atom stereocenters. The first-order valence-electron chi connectivity index (χ1n) is 16.6. The van der Waals surface area contributed by atoms with E-state index in [1.165, 1.54) is 43.5 Å². The van der Waals surface area contributed by atoms with Crippen LogP contribution in [-0.4, -0.2) is 62.6 Å². The average molecular weight is 684 g/mol. The van der Waals surface area contributed by atoms with Gasteiger partial charge in [0.05, 0.1) is 5.75 Å². The number of carbonyl (C=O) groups excluding carboxylic acids is 1. The van der Waals surface area contributed by atoms with Crippen LogP contribution in [0.4, 0.5) is 18.9 Å². The summed E-state index contributed by atoms with van der Waals surface area (Å²) in [4.78, 5) is 17.3. The van der Waals surface area contributed by atoms with Crippen molar-refractivity contribution in [2.45, 2.75) is 51.4 Å². The molecule has 8 rings (SSSR count). The van der Waals surface area contributed by atoms with Crippen molar-refractivity contribution in [2.24, 2.45) is 23.2 Å². The largest absolute Gasteiger partial charge is 0.573 e. The Labute approximate surface area is 278 Å². The number of phenols is 1. The van der Waals surface area contributed by atoms with Crippen LogP contribution in [0.1, 0.15) is 54.4 Å².